The fraction of sp³-hybridized carbons (Fsp3) is 0.526. The molecule has 0 aromatic heterocycles. The topological polar surface area (TPSA) is 70.9 Å². The Morgan fingerprint density at radius 3 is 2.84 bits per heavy atom. The third-order valence-corrected chi connectivity index (χ3v) is 5.22. The fourth-order valence-corrected chi connectivity index (χ4v) is 3.93. The summed E-state index contributed by atoms with van der Waals surface area (Å²) in [5, 5.41) is 13.2. The molecule has 3 rings (SSSR count). The molecule has 1 heterocycles. The van der Waals surface area contributed by atoms with Gasteiger partial charge in [-0.2, -0.15) is 0 Å². The Morgan fingerprint density at radius 1 is 1.36 bits per heavy atom. The molecule has 2 aliphatic rings. The average Bonchev–Trinajstić information content (AvgIpc) is 2.60. The monoisotopic (exact) mass is 360 g/mol. The molecule has 0 amide bonds. The van der Waals surface area contributed by atoms with Crippen molar-refractivity contribution in [3.8, 4) is 5.75 Å². The number of nitrogens with zero attached hydrogens (tertiary/aromatic N) is 1. The van der Waals surface area contributed by atoms with Crippen molar-refractivity contribution in [3.05, 3.63) is 29.8 Å². The van der Waals surface area contributed by atoms with Gasteiger partial charge in [-0.25, -0.2) is 4.99 Å². The lowest BCUT2D eigenvalue weighted by Crippen LogP contribution is -2.44. The van der Waals surface area contributed by atoms with Crippen LogP contribution in [-0.4, -0.2) is 28.5 Å². The van der Waals surface area contributed by atoms with E-state index in [-0.39, 0.29) is 17.8 Å². The predicted molar refractivity (Wildman–Crippen MR) is 101 cm³/mol. The number of hydrogen-bond donors (Lipinski definition) is 2. The highest BCUT2D eigenvalue weighted by Gasteiger charge is 2.37. The van der Waals surface area contributed by atoms with E-state index in [0.29, 0.717) is 23.3 Å². The van der Waals surface area contributed by atoms with Gasteiger partial charge in [-0.3, -0.25) is 4.79 Å². The largest absolute Gasteiger partial charge is 0.508 e. The quantitative estimate of drug-likeness (QED) is 0.635. The highest BCUT2D eigenvalue weighted by atomic mass is 32.1. The molecule has 1 aliphatic heterocycles. The lowest BCUT2D eigenvalue weighted by atomic mass is 9.88. The van der Waals surface area contributed by atoms with Crippen LogP contribution in [0.25, 0.3) is 0 Å². The van der Waals surface area contributed by atoms with Crippen molar-refractivity contribution in [3.63, 3.8) is 0 Å². The summed E-state index contributed by atoms with van der Waals surface area (Å²) in [5.74, 6) is -0.209. The Morgan fingerprint density at radius 2 is 2.12 bits per heavy atom. The summed E-state index contributed by atoms with van der Waals surface area (Å²) in [6.07, 6.45) is 5.97. The summed E-state index contributed by atoms with van der Waals surface area (Å²) in [4.78, 5) is 17.0. The Labute approximate surface area is 153 Å². The SMILES string of the molecule is CC1=NC(=S)NC(c2cccc(O)c2)C1C(=O)OCC1CCCCC1. The molecule has 134 valence electrons. The van der Waals surface area contributed by atoms with Gasteiger partial charge in [0.1, 0.15) is 11.7 Å². The second-order valence-corrected chi connectivity index (χ2v) is 7.27. The van der Waals surface area contributed by atoms with E-state index in [4.69, 9.17) is 17.0 Å². The van der Waals surface area contributed by atoms with Gasteiger partial charge in [0.15, 0.2) is 5.11 Å². The van der Waals surface area contributed by atoms with E-state index in [2.05, 4.69) is 10.3 Å². The second-order valence-electron chi connectivity index (χ2n) is 6.89. The highest BCUT2D eigenvalue weighted by molar-refractivity contribution is 7.80. The van der Waals surface area contributed by atoms with Crippen LogP contribution in [0.5, 0.6) is 5.75 Å². The van der Waals surface area contributed by atoms with E-state index in [9.17, 15) is 9.90 Å². The number of carbonyl (C=O) groups is 1. The smallest absolute Gasteiger partial charge is 0.317 e. The molecule has 1 aromatic rings. The number of rotatable bonds is 4. The fourth-order valence-electron chi connectivity index (χ4n) is 3.66. The Hall–Kier alpha value is -1.95. The second kappa shape index (κ2) is 7.95. The normalized spacial score (nSPS) is 24.4. The number of esters is 1. The molecule has 1 saturated carbocycles. The average molecular weight is 360 g/mol. The molecule has 1 fully saturated rings. The van der Waals surface area contributed by atoms with E-state index in [1.54, 1.807) is 25.1 Å². The summed E-state index contributed by atoms with van der Waals surface area (Å²) >= 11 is 5.19. The molecule has 2 atom stereocenters. The van der Waals surface area contributed by atoms with Crippen LogP contribution in [0.2, 0.25) is 0 Å². The Kier molecular flexibility index (Phi) is 5.68. The van der Waals surface area contributed by atoms with Crippen molar-refractivity contribution in [2.45, 2.75) is 45.1 Å². The number of carbonyl (C=O) groups excluding carboxylic acids is 1. The summed E-state index contributed by atoms with van der Waals surface area (Å²) in [6.45, 7) is 2.27. The van der Waals surface area contributed by atoms with Crippen LogP contribution in [0.15, 0.2) is 29.3 Å². The lowest BCUT2D eigenvalue weighted by molar-refractivity contribution is -0.148. The predicted octanol–water partition coefficient (Wildman–Crippen LogP) is 3.52. The number of phenolic OH excluding ortho intramolecular Hbond substituents is 1. The van der Waals surface area contributed by atoms with Gasteiger partial charge < -0.3 is 15.2 Å². The number of aromatic hydroxyl groups is 1. The number of thiocarbonyl (C=S) groups is 1. The molecule has 1 aliphatic carbocycles. The molecule has 25 heavy (non-hydrogen) atoms. The molecule has 0 saturated heterocycles. The first kappa shape index (κ1) is 17.9. The van der Waals surface area contributed by atoms with Crippen LogP contribution in [-0.2, 0) is 9.53 Å². The van der Waals surface area contributed by atoms with Crippen molar-refractivity contribution >= 4 is 29.0 Å². The zero-order valence-electron chi connectivity index (χ0n) is 14.4. The number of hydrogen-bond acceptors (Lipinski definition) is 4. The Balaban J connectivity index is 1.75. The molecule has 6 heteroatoms. The molecule has 2 unspecified atom stereocenters. The molecule has 5 nitrogen and oxygen atoms in total. The van der Waals surface area contributed by atoms with Gasteiger partial charge in [0, 0.05) is 5.71 Å². The van der Waals surface area contributed by atoms with Gasteiger partial charge in [0.25, 0.3) is 0 Å². The molecule has 1 aromatic carbocycles. The minimum Gasteiger partial charge on any atom is -0.508 e. The van der Waals surface area contributed by atoms with Crippen molar-refractivity contribution in [1.82, 2.24) is 5.32 Å². The number of ether oxygens (including phenoxy) is 1. The maximum Gasteiger partial charge on any atom is 0.317 e. The van der Waals surface area contributed by atoms with Crippen LogP contribution in [0, 0.1) is 11.8 Å². The maximum absolute atomic E-state index is 12.8. The van der Waals surface area contributed by atoms with Gasteiger partial charge in [-0.15, -0.1) is 0 Å². The van der Waals surface area contributed by atoms with Crippen LogP contribution in [0.3, 0.4) is 0 Å². The number of phenols is 1. The van der Waals surface area contributed by atoms with E-state index >= 15 is 0 Å². The number of aliphatic imine (C=N–C) groups is 1. The summed E-state index contributed by atoms with van der Waals surface area (Å²) in [6, 6.07) is 6.47. The molecular weight excluding hydrogens is 336 g/mol. The minimum atomic E-state index is -0.544. The van der Waals surface area contributed by atoms with Gasteiger partial charge in [-0.1, -0.05) is 31.4 Å². The zero-order valence-corrected chi connectivity index (χ0v) is 15.2. The lowest BCUT2D eigenvalue weighted by Gasteiger charge is -2.31. The first-order valence-corrected chi connectivity index (χ1v) is 9.26. The third kappa shape index (κ3) is 4.37. The molecule has 0 bridgehead atoms. The van der Waals surface area contributed by atoms with Crippen LogP contribution >= 0.6 is 12.2 Å². The molecule has 0 radical (unpaired) electrons. The van der Waals surface area contributed by atoms with Crippen molar-refractivity contribution in [2.24, 2.45) is 16.8 Å². The molecule has 2 N–H and O–H groups in total. The standard InChI is InChI=1S/C19H24N2O3S/c1-12-16(18(23)24-11-13-6-3-2-4-7-13)17(21-19(25)20-12)14-8-5-9-15(22)10-14/h5,8-10,13,16-17,22H,2-4,6-7,11H2,1H3,(H,21,25). The van der Waals surface area contributed by atoms with Gasteiger partial charge >= 0.3 is 5.97 Å². The summed E-state index contributed by atoms with van der Waals surface area (Å²) in [5.41, 5.74) is 1.43. The van der Waals surface area contributed by atoms with Gasteiger partial charge in [0.2, 0.25) is 0 Å². The summed E-state index contributed by atoms with van der Waals surface area (Å²) in [7, 11) is 0. The number of benzene rings is 1. The number of nitrogens with one attached hydrogen (secondary N) is 1. The Bertz CT molecular complexity index is 683. The third-order valence-electron chi connectivity index (χ3n) is 5.01. The maximum atomic E-state index is 12.8. The highest BCUT2D eigenvalue weighted by Crippen LogP contribution is 2.30. The zero-order chi connectivity index (χ0) is 17.8. The van der Waals surface area contributed by atoms with Crippen molar-refractivity contribution in [1.29, 1.82) is 0 Å². The van der Waals surface area contributed by atoms with E-state index in [1.165, 1.54) is 19.3 Å². The van der Waals surface area contributed by atoms with Gasteiger partial charge in [-0.05, 0) is 55.6 Å². The van der Waals surface area contributed by atoms with E-state index < -0.39 is 5.92 Å². The minimum absolute atomic E-state index is 0.153. The summed E-state index contributed by atoms with van der Waals surface area (Å²) < 4.78 is 5.64. The molecular formula is C19H24N2O3S. The first-order valence-electron chi connectivity index (χ1n) is 8.86. The van der Waals surface area contributed by atoms with Gasteiger partial charge in [0.05, 0.1) is 12.6 Å². The molecule has 0 spiro atoms. The van der Waals surface area contributed by atoms with Crippen LogP contribution in [0.1, 0.15) is 50.6 Å². The van der Waals surface area contributed by atoms with Crippen LogP contribution in [0.4, 0.5) is 0 Å². The first-order chi connectivity index (χ1) is 12.0. The van der Waals surface area contributed by atoms with Crippen molar-refractivity contribution in [2.75, 3.05) is 6.61 Å². The van der Waals surface area contributed by atoms with Crippen LogP contribution < -0.4 is 5.32 Å². The van der Waals surface area contributed by atoms with Crippen molar-refractivity contribution < 1.29 is 14.6 Å². The van der Waals surface area contributed by atoms with E-state index in [0.717, 1.165) is 18.4 Å². The van der Waals surface area contributed by atoms with E-state index in [1.807, 2.05) is 6.07 Å².